The maximum Gasteiger partial charge on any atom is 0.123 e. The lowest BCUT2D eigenvalue weighted by Gasteiger charge is -2.14. The molecule has 1 aromatic carbocycles. The summed E-state index contributed by atoms with van der Waals surface area (Å²) < 4.78 is 11.9. The summed E-state index contributed by atoms with van der Waals surface area (Å²) in [6.45, 7) is 7.39. The van der Waals surface area contributed by atoms with Crippen LogP contribution in [0.2, 0.25) is 0 Å². The fourth-order valence-electron chi connectivity index (χ4n) is 1.48. The van der Waals surface area contributed by atoms with Gasteiger partial charge in [-0.15, -0.1) is 0 Å². The first-order valence-corrected chi connectivity index (χ1v) is 7.03. The summed E-state index contributed by atoms with van der Waals surface area (Å²) in [6, 6.07) is 6.11. The van der Waals surface area contributed by atoms with Gasteiger partial charge in [-0.2, -0.15) is 0 Å². The highest BCUT2D eigenvalue weighted by molar-refractivity contribution is 9.10. The number of hydrogen-bond donors (Lipinski definition) is 1. The van der Waals surface area contributed by atoms with Gasteiger partial charge in [-0.3, -0.25) is 0 Å². The Morgan fingerprint density at radius 1 is 1.33 bits per heavy atom. The second-order valence-electron chi connectivity index (χ2n) is 4.63. The largest absolute Gasteiger partial charge is 0.493 e. The van der Waals surface area contributed by atoms with Gasteiger partial charge < -0.3 is 14.8 Å². The third-order valence-electron chi connectivity index (χ3n) is 2.39. The second-order valence-corrected chi connectivity index (χ2v) is 5.54. The Balaban J connectivity index is 2.58. The molecule has 1 aromatic rings. The summed E-state index contributed by atoms with van der Waals surface area (Å²) in [5.74, 6) is 1.49. The summed E-state index contributed by atoms with van der Waals surface area (Å²) in [5.41, 5.74) is 1.17. The van der Waals surface area contributed by atoms with Gasteiger partial charge in [0, 0.05) is 30.2 Å². The molecule has 1 N–H and O–H groups in total. The smallest absolute Gasteiger partial charge is 0.123 e. The Morgan fingerprint density at radius 3 is 2.78 bits per heavy atom. The fraction of sp³-hybridized carbons (Fsp3) is 0.571. The van der Waals surface area contributed by atoms with Crippen molar-refractivity contribution in [1.29, 1.82) is 0 Å². The van der Waals surface area contributed by atoms with Crippen LogP contribution < -0.4 is 10.1 Å². The van der Waals surface area contributed by atoms with Crippen molar-refractivity contribution in [3.05, 3.63) is 28.2 Å². The van der Waals surface area contributed by atoms with Crippen LogP contribution in [0.15, 0.2) is 22.7 Å². The lowest BCUT2D eigenvalue weighted by atomic mass is 10.2. The van der Waals surface area contributed by atoms with Crippen molar-refractivity contribution in [2.75, 3.05) is 26.9 Å². The number of methoxy groups -OCH3 is 1. The van der Waals surface area contributed by atoms with Crippen LogP contribution in [0.5, 0.6) is 5.75 Å². The molecule has 3 nitrogen and oxygen atoms in total. The van der Waals surface area contributed by atoms with Crippen LogP contribution in [0.3, 0.4) is 0 Å². The van der Waals surface area contributed by atoms with E-state index in [1.807, 2.05) is 12.1 Å². The molecule has 0 aromatic heterocycles. The number of hydrogen-bond acceptors (Lipinski definition) is 3. The van der Waals surface area contributed by atoms with Gasteiger partial charge in [-0.25, -0.2) is 0 Å². The van der Waals surface area contributed by atoms with E-state index in [0.717, 1.165) is 36.5 Å². The van der Waals surface area contributed by atoms with Crippen LogP contribution in [0.4, 0.5) is 0 Å². The Kier molecular flexibility index (Phi) is 7.32. The van der Waals surface area contributed by atoms with Crippen molar-refractivity contribution < 1.29 is 9.47 Å². The van der Waals surface area contributed by atoms with Gasteiger partial charge in [0.2, 0.25) is 0 Å². The lowest BCUT2D eigenvalue weighted by molar-refractivity contribution is 0.199. The molecule has 0 bridgehead atoms. The van der Waals surface area contributed by atoms with Crippen molar-refractivity contribution in [3.63, 3.8) is 0 Å². The van der Waals surface area contributed by atoms with Gasteiger partial charge in [0.25, 0.3) is 0 Å². The first kappa shape index (κ1) is 15.5. The van der Waals surface area contributed by atoms with E-state index >= 15 is 0 Å². The number of halogens is 1. The number of rotatable bonds is 8. The van der Waals surface area contributed by atoms with E-state index in [4.69, 9.17) is 9.47 Å². The second kappa shape index (κ2) is 8.51. The number of nitrogens with one attached hydrogen (secondary N) is 1. The van der Waals surface area contributed by atoms with Crippen molar-refractivity contribution in [3.8, 4) is 5.75 Å². The normalized spacial score (nSPS) is 10.9. The molecule has 102 valence electrons. The Bertz CT molecular complexity index is 356. The summed E-state index contributed by atoms with van der Waals surface area (Å²) in [5, 5.41) is 3.33. The van der Waals surface area contributed by atoms with Crippen LogP contribution in [-0.4, -0.2) is 26.9 Å². The number of benzene rings is 1. The van der Waals surface area contributed by atoms with Gasteiger partial charge >= 0.3 is 0 Å². The molecule has 1 rings (SSSR count). The molecule has 0 aliphatic rings. The maximum absolute atomic E-state index is 5.82. The molecule has 0 saturated heterocycles. The molecule has 0 atom stereocenters. The highest BCUT2D eigenvalue weighted by Crippen LogP contribution is 2.23. The van der Waals surface area contributed by atoms with Gasteiger partial charge in [0.15, 0.2) is 0 Å². The van der Waals surface area contributed by atoms with E-state index < -0.39 is 0 Å². The van der Waals surface area contributed by atoms with E-state index in [1.165, 1.54) is 5.56 Å². The summed E-state index contributed by atoms with van der Waals surface area (Å²) in [6.07, 6.45) is 0. The summed E-state index contributed by atoms with van der Waals surface area (Å²) in [4.78, 5) is 0. The standard InChI is InChI=1S/C14H22BrNO2/c1-11(2)10-18-14-5-4-13(15)8-12(14)9-16-6-7-17-3/h4-5,8,11,16H,6-7,9-10H2,1-3H3. The van der Waals surface area contributed by atoms with Crippen molar-refractivity contribution >= 4 is 15.9 Å². The van der Waals surface area contributed by atoms with E-state index in [-0.39, 0.29) is 0 Å². The predicted octanol–water partition coefficient (Wildman–Crippen LogP) is 3.22. The SMILES string of the molecule is COCCNCc1cc(Br)ccc1OCC(C)C. The van der Waals surface area contributed by atoms with Crippen LogP contribution in [0.25, 0.3) is 0 Å². The molecule has 0 amide bonds. The van der Waals surface area contributed by atoms with E-state index in [2.05, 4.69) is 41.2 Å². The van der Waals surface area contributed by atoms with Crippen LogP contribution in [0, 0.1) is 5.92 Å². The molecule has 4 heteroatoms. The zero-order chi connectivity index (χ0) is 13.4. The maximum atomic E-state index is 5.82. The lowest BCUT2D eigenvalue weighted by Crippen LogP contribution is -2.19. The predicted molar refractivity (Wildman–Crippen MR) is 78.1 cm³/mol. The van der Waals surface area contributed by atoms with Gasteiger partial charge in [0.1, 0.15) is 5.75 Å². The quantitative estimate of drug-likeness (QED) is 0.747. The number of ether oxygens (including phenoxy) is 2. The van der Waals surface area contributed by atoms with Crippen molar-refractivity contribution in [2.24, 2.45) is 5.92 Å². The summed E-state index contributed by atoms with van der Waals surface area (Å²) >= 11 is 3.49. The Morgan fingerprint density at radius 2 is 2.11 bits per heavy atom. The van der Waals surface area contributed by atoms with Crippen LogP contribution >= 0.6 is 15.9 Å². The minimum Gasteiger partial charge on any atom is -0.493 e. The third kappa shape index (κ3) is 5.85. The van der Waals surface area contributed by atoms with Gasteiger partial charge in [-0.05, 0) is 24.1 Å². The Hall–Kier alpha value is -0.580. The van der Waals surface area contributed by atoms with E-state index in [0.29, 0.717) is 5.92 Å². The van der Waals surface area contributed by atoms with E-state index in [9.17, 15) is 0 Å². The van der Waals surface area contributed by atoms with E-state index in [1.54, 1.807) is 7.11 Å². The minimum absolute atomic E-state index is 0.531. The third-order valence-corrected chi connectivity index (χ3v) is 2.89. The van der Waals surface area contributed by atoms with Gasteiger partial charge in [-0.1, -0.05) is 29.8 Å². The molecule has 18 heavy (non-hydrogen) atoms. The topological polar surface area (TPSA) is 30.5 Å². The Labute approximate surface area is 118 Å². The molecular weight excluding hydrogens is 294 g/mol. The molecule has 0 unspecified atom stereocenters. The molecular formula is C14H22BrNO2. The molecule has 0 heterocycles. The molecule has 0 spiro atoms. The fourth-order valence-corrected chi connectivity index (χ4v) is 1.89. The molecule has 0 aliphatic heterocycles. The van der Waals surface area contributed by atoms with Crippen molar-refractivity contribution in [2.45, 2.75) is 20.4 Å². The first-order chi connectivity index (χ1) is 8.63. The molecule has 0 saturated carbocycles. The average Bonchev–Trinajstić information content (AvgIpc) is 2.33. The summed E-state index contributed by atoms with van der Waals surface area (Å²) in [7, 11) is 1.71. The van der Waals surface area contributed by atoms with Crippen LogP contribution in [-0.2, 0) is 11.3 Å². The zero-order valence-corrected chi connectivity index (χ0v) is 12.9. The highest BCUT2D eigenvalue weighted by Gasteiger charge is 2.05. The minimum atomic E-state index is 0.531. The molecule has 0 fully saturated rings. The average molecular weight is 316 g/mol. The van der Waals surface area contributed by atoms with Gasteiger partial charge in [0.05, 0.1) is 13.2 Å². The van der Waals surface area contributed by atoms with Crippen LogP contribution in [0.1, 0.15) is 19.4 Å². The zero-order valence-electron chi connectivity index (χ0n) is 11.3. The van der Waals surface area contributed by atoms with Crippen molar-refractivity contribution in [1.82, 2.24) is 5.32 Å². The highest BCUT2D eigenvalue weighted by atomic mass is 79.9. The first-order valence-electron chi connectivity index (χ1n) is 6.24. The molecule has 0 aliphatic carbocycles. The monoisotopic (exact) mass is 315 g/mol. The molecule has 0 radical (unpaired) electrons.